The van der Waals surface area contributed by atoms with E-state index in [4.69, 9.17) is 16.3 Å². The van der Waals surface area contributed by atoms with Crippen LogP contribution in [0.5, 0.6) is 5.75 Å². The van der Waals surface area contributed by atoms with Crippen molar-refractivity contribution in [3.63, 3.8) is 0 Å². The van der Waals surface area contributed by atoms with Crippen LogP contribution in [-0.2, 0) is 13.2 Å². The van der Waals surface area contributed by atoms with Crippen LogP contribution in [0.4, 0.5) is 0 Å². The Kier molecular flexibility index (Phi) is 4.30. The third-order valence-corrected chi connectivity index (χ3v) is 2.79. The molecule has 5 nitrogen and oxygen atoms in total. The lowest BCUT2D eigenvalue weighted by Gasteiger charge is -2.08. The molecule has 0 N–H and O–H groups in total. The number of hydrogen-bond donors (Lipinski definition) is 0. The van der Waals surface area contributed by atoms with Gasteiger partial charge in [0.05, 0.1) is 11.6 Å². The van der Waals surface area contributed by atoms with Crippen LogP contribution in [0.1, 0.15) is 16.2 Å². The Hall–Kier alpha value is -2.14. The number of carbonyl (C=O) groups is 1. The van der Waals surface area contributed by atoms with Gasteiger partial charge in [-0.25, -0.2) is 4.68 Å². The summed E-state index contributed by atoms with van der Waals surface area (Å²) in [6, 6.07) is 7.12. The molecule has 0 radical (unpaired) electrons. The van der Waals surface area contributed by atoms with E-state index >= 15 is 0 Å². The molecule has 0 fully saturated rings. The van der Waals surface area contributed by atoms with Crippen LogP contribution < -0.4 is 4.74 Å². The Labute approximate surface area is 115 Å². The Bertz CT molecular complexity index is 595. The van der Waals surface area contributed by atoms with E-state index in [0.717, 1.165) is 0 Å². The zero-order valence-corrected chi connectivity index (χ0v) is 10.9. The molecule has 0 amide bonds. The van der Waals surface area contributed by atoms with E-state index in [-0.39, 0.29) is 12.3 Å². The van der Waals surface area contributed by atoms with Gasteiger partial charge in [0.1, 0.15) is 18.1 Å². The minimum Gasteiger partial charge on any atom is -0.486 e. The normalized spacial score (nSPS) is 10.2. The van der Waals surface area contributed by atoms with Gasteiger partial charge in [-0.3, -0.25) is 4.79 Å². The standard InChI is InChI=1S/C13H12ClN3O2/c1-2-7-17-12(11(8-18)15-16-17)9-19-13-6-4-3-5-10(13)14/h2-6,8H,1,7,9H2. The zero-order valence-electron chi connectivity index (χ0n) is 10.1. The number of hydrogen-bond acceptors (Lipinski definition) is 4. The largest absolute Gasteiger partial charge is 0.486 e. The van der Waals surface area contributed by atoms with Crippen molar-refractivity contribution in [1.82, 2.24) is 15.0 Å². The number of nitrogens with zero attached hydrogens (tertiary/aromatic N) is 3. The predicted molar refractivity (Wildman–Crippen MR) is 71.4 cm³/mol. The van der Waals surface area contributed by atoms with Crippen LogP contribution in [0.3, 0.4) is 0 Å². The SMILES string of the molecule is C=CCn1nnc(C=O)c1COc1ccccc1Cl. The predicted octanol–water partition coefficient (Wildman–Crippen LogP) is 2.51. The molecule has 6 heteroatoms. The van der Waals surface area contributed by atoms with E-state index in [2.05, 4.69) is 16.9 Å². The van der Waals surface area contributed by atoms with Crippen molar-refractivity contribution >= 4 is 17.9 Å². The van der Waals surface area contributed by atoms with Crippen LogP contribution >= 0.6 is 11.6 Å². The lowest BCUT2D eigenvalue weighted by Crippen LogP contribution is -2.08. The number of carbonyl (C=O) groups excluding carboxylic acids is 1. The second kappa shape index (κ2) is 6.15. The molecule has 19 heavy (non-hydrogen) atoms. The van der Waals surface area contributed by atoms with Gasteiger partial charge in [-0.15, -0.1) is 11.7 Å². The van der Waals surface area contributed by atoms with Gasteiger partial charge in [0.15, 0.2) is 12.0 Å². The molecule has 98 valence electrons. The monoisotopic (exact) mass is 277 g/mol. The summed E-state index contributed by atoms with van der Waals surface area (Å²) in [5, 5.41) is 8.15. The minimum absolute atomic E-state index is 0.165. The maximum atomic E-state index is 10.9. The van der Waals surface area contributed by atoms with Gasteiger partial charge in [0.2, 0.25) is 0 Å². The number of allylic oxidation sites excluding steroid dienone is 1. The summed E-state index contributed by atoms with van der Waals surface area (Å²) in [4.78, 5) is 10.9. The maximum absolute atomic E-state index is 10.9. The first-order chi connectivity index (χ1) is 9.26. The number of halogens is 1. The van der Waals surface area contributed by atoms with Crippen molar-refractivity contribution in [1.29, 1.82) is 0 Å². The van der Waals surface area contributed by atoms with Gasteiger partial charge < -0.3 is 4.74 Å². The lowest BCUT2D eigenvalue weighted by molar-refractivity contribution is 0.111. The summed E-state index contributed by atoms with van der Waals surface area (Å²) in [5.41, 5.74) is 0.851. The third kappa shape index (κ3) is 3.00. The second-order valence-corrected chi connectivity index (χ2v) is 4.14. The Morgan fingerprint density at radius 3 is 2.89 bits per heavy atom. The van der Waals surface area contributed by atoms with E-state index in [9.17, 15) is 4.79 Å². The van der Waals surface area contributed by atoms with E-state index in [1.54, 1.807) is 22.9 Å². The Morgan fingerprint density at radius 1 is 1.42 bits per heavy atom. The quantitative estimate of drug-likeness (QED) is 0.601. The first-order valence-electron chi connectivity index (χ1n) is 5.62. The van der Waals surface area contributed by atoms with Crippen LogP contribution in [-0.4, -0.2) is 21.3 Å². The van der Waals surface area contributed by atoms with Gasteiger partial charge in [-0.05, 0) is 12.1 Å². The number of aldehydes is 1. The summed E-state index contributed by atoms with van der Waals surface area (Å²) in [7, 11) is 0. The van der Waals surface area contributed by atoms with Crippen LogP contribution in [0, 0.1) is 0 Å². The lowest BCUT2D eigenvalue weighted by atomic mass is 10.3. The van der Waals surface area contributed by atoms with Gasteiger partial charge >= 0.3 is 0 Å². The fraction of sp³-hybridized carbons (Fsp3) is 0.154. The highest BCUT2D eigenvalue weighted by molar-refractivity contribution is 6.32. The average molecular weight is 278 g/mol. The number of ether oxygens (including phenoxy) is 1. The van der Waals surface area contributed by atoms with Crippen molar-refractivity contribution < 1.29 is 9.53 Å². The molecular formula is C13H12ClN3O2. The summed E-state index contributed by atoms with van der Waals surface area (Å²) in [5.74, 6) is 0.548. The third-order valence-electron chi connectivity index (χ3n) is 2.48. The fourth-order valence-corrected chi connectivity index (χ4v) is 1.75. The van der Waals surface area contributed by atoms with E-state index in [0.29, 0.717) is 29.3 Å². The van der Waals surface area contributed by atoms with Crippen molar-refractivity contribution in [3.8, 4) is 5.75 Å². The van der Waals surface area contributed by atoms with Crippen LogP contribution in [0.15, 0.2) is 36.9 Å². The smallest absolute Gasteiger partial charge is 0.172 e. The molecular weight excluding hydrogens is 266 g/mol. The van der Waals surface area contributed by atoms with Gasteiger partial charge in [-0.1, -0.05) is 35.0 Å². The number of rotatable bonds is 6. The number of benzene rings is 1. The highest BCUT2D eigenvalue weighted by atomic mass is 35.5. The Morgan fingerprint density at radius 2 is 2.21 bits per heavy atom. The molecule has 0 aliphatic rings. The summed E-state index contributed by atoms with van der Waals surface area (Å²) < 4.78 is 7.15. The molecule has 0 unspecified atom stereocenters. The number of para-hydroxylation sites is 1. The Balaban J connectivity index is 2.18. The fourth-order valence-electron chi connectivity index (χ4n) is 1.56. The van der Waals surface area contributed by atoms with Crippen molar-refractivity contribution in [2.24, 2.45) is 0 Å². The highest BCUT2D eigenvalue weighted by Gasteiger charge is 2.12. The topological polar surface area (TPSA) is 57.0 Å². The molecule has 0 saturated heterocycles. The van der Waals surface area contributed by atoms with Gasteiger partial charge in [0.25, 0.3) is 0 Å². The summed E-state index contributed by atoms with van der Waals surface area (Å²) in [6.07, 6.45) is 2.32. The molecule has 1 aromatic heterocycles. The van der Waals surface area contributed by atoms with Gasteiger partial charge in [-0.2, -0.15) is 0 Å². The molecule has 0 aliphatic heterocycles. The van der Waals surface area contributed by atoms with Gasteiger partial charge in [0, 0.05) is 0 Å². The molecule has 0 saturated carbocycles. The summed E-state index contributed by atoms with van der Waals surface area (Å²) in [6.45, 7) is 4.25. The second-order valence-electron chi connectivity index (χ2n) is 3.73. The minimum atomic E-state index is 0.165. The molecule has 1 aromatic carbocycles. The summed E-state index contributed by atoms with van der Waals surface area (Å²) >= 11 is 5.99. The van der Waals surface area contributed by atoms with Crippen molar-refractivity contribution in [3.05, 3.63) is 53.3 Å². The first kappa shape index (κ1) is 13.3. The van der Waals surface area contributed by atoms with Crippen molar-refractivity contribution in [2.45, 2.75) is 13.2 Å². The first-order valence-corrected chi connectivity index (χ1v) is 5.99. The molecule has 0 aliphatic carbocycles. The maximum Gasteiger partial charge on any atom is 0.172 e. The molecule has 0 bridgehead atoms. The van der Waals surface area contributed by atoms with E-state index in [1.807, 2.05) is 12.1 Å². The molecule has 1 heterocycles. The van der Waals surface area contributed by atoms with E-state index in [1.165, 1.54) is 0 Å². The highest BCUT2D eigenvalue weighted by Crippen LogP contribution is 2.24. The van der Waals surface area contributed by atoms with Crippen LogP contribution in [0.25, 0.3) is 0 Å². The average Bonchev–Trinajstić information content (AvgIpc) is 2.80. The zero-order chi connectivity index (χ0) is 13.7. The molecule has 0 spiro atoms. The van der Waals surface area contributed by atoms with Crippen molar-refractivity contribution in [2.75, 3.05) is 0 Å². The van der Waals surface area contributed by atoms with E-state index < -0.39 is 0 Å². The molecule has 2 aromatic rings. The number of aromatic nitrogens is 3. The van der Waals surface area contributed by atoms with Crippen LogP contribution in [0.2, 0.25) is 5.02 Å². The molecule has 0 atom stereocenters. The molecule has 2 rings (SSSR count).